The van der Waals surface area contributed by atoms with Gasteiger partial charge in [0.15, 0.2) is 0 Å². The van der Waals surface area contributed by atoms with E-state index in [1.54, 1.807) is 12.2 Å². The molecule has 0 aliphatic carbocycles. The van der Waals surface area contributed by atoms with Crippen molar-refractivity contribution in [3.8, 4) is 0 Å². The number of halogens is 1. The van der Waals surface area contributed by atoms with E-state index in [-0.39, 0.29) is 6.42 Å². The summed E-state index contributed by atoms with van der Waals surface area (Å²) in [6, 6.07) is 9.73. The molecule has 0 saturated heterocycles. The van der Waals surface area contributed by atoms with Crippen LogP contribution < -0.4 is 0 Å². The van der Waals surface area contributed by atoms with E-state index in [9.17, 15) is 10.2 Å². The summed E-state index contributed by atoms with van der Waals surface area (Å²) in [6.07, 6.45) is 4.26. The van der Waals surface area contributed by atoms with Gasteiger partial charge in [-0.1, -0.05) is 58.4 Å². The Morgan fingerprint density at radius 2 is 1.94 bits per heavy atom. The van der Waals surface area contributed by atoms with Gasteiger partial charge in [0.25, 0.3) is 0 Å². The molecule has 0 aromatic heterocycles. The average Bonchev–Trinajstić information content (AvgIpc) is 2.30. The molecule has 1 rings (SSSR count). The SMILES string of the molecule is C/C=C/[C@@H](O)C[C@H](O)/C(Br)=C/c1ccccc1. The van der Waals surface area contributed by atoms with Crippen LogP contribution in [-0.4, -0.2) is 22.4 Å². The van der Waals surface area contributed by atoms with E-state index < -0.39 is 12.2 Å². The monoisotopic (exact) mass is 296 g/mol. The highest BCUT2D eigenvalue weighted by molar-refractivity contribution is 9.11. The third kappa shape index (κ3) is 5.31. The molecule has 1 aromatic carbocycles. The van der Waals surface area contributed by atoms with E-state index in [1.165, 1.54) is 0 Å². The second-order valence-corrected chi connectivity index (χ2v) is 4.70. The van der Waals surface area contributed by atoms with Crippen molar-refractivity contribution in [1.82, 2.24) is 0 Å². The van der Waals surface area contributed by atoms with Gasteiger partial charge in [-0.2, -0.15) is 0 Å². The third-order valence-corrected chi connectivity index (χ3v) is 3.06. The van der Waals surface area contributed by atoms with Crippen molar-refractivity contribution in [2.45, 2.75) is 25.6 Å². The molecule has 0 spiro atoms. The van der Waals surface area contributed by atoms with E-state index in [0.29, 0.717) is 4.48 Å². The summed E-state index contributed by atoms with van der Waals surface area (Å²) < 4.78 is 0.673. The molecule has 0 aliphatic rings. The largest absolute Gasteiger partial charge is 0.389 e. The van der Waals surface area contributed by atoms with E-state index in [2.05, 4.69) is 15.9 Å². The number of hydrogen-bond donors (Lipinski definition) is 2. The van der Waals surface area contributed by atoms with Gasteiger partial charge in [-0.15, -0.1) is 0 Å². The maximum atomic E-state index is 9.87. The summed E-state index contributed by atoms with van der Waals surface area (Å²) in [5.74, 6) is 0. The Labute approximate surface area is 110 Å². The molecule has 0 saturated carbocycles. The first-order valence-corrected chi connectivity index (χ1v) is 6.34. The van der Waals surface area contributed by atoms with E-state index in [1.807, 2.05) is 43.3 Å². The van der Waals surface area contributed by atoms with Crippen LogP contribution in [0.25, 0.3) is 6.08 Å². The van der Waals surface area contributed by atoms with Crippen molar-refractivity contribution >= 4 is 22.0 Å². The molecule has 92 valence electrons. The normalized spacial score (nSPS) is 16.1. The summed E-state index contributed by atoms with van der Waals surface area (Å²) in [6.45, 7) is 1.84. The lowest BCUT2D eigenvalue weighted by molar-refractivity contribution is 0.132. The highest BCUT2D eigenvalue weighted by Crippen LogP contribution is 2.19. The Hall–Kier alpha value is -0.900. The molecular weight excluding hydrogens is 280 g/mol. The van der Waals surface area contributed by atoms with E-state index in [0.717, 1.165) is 5.56 Å². The lowest BCUT2D eigenvalue weighted by Gasteiger charge is -2.12. The van der Waals surface area contributed by atoms with Crippen molar-refractivity contribution in [2.24, 2.45) is 0 Å². The first-order valence-electron chi connectivity index (χ1n) is 5.54. The quantitative estimate of drug-likeness (QED) is 0.820. The van der Waals surface area contributed by atoms with Crippen LogP contribution in [0.2, 0.25) is 0 Å². The van der Waals surface area contributed by atoms with Gasteiger partial charge in [-0.25, -0.2) is 0 Å². The van der Waals surface area contributed by atoms with Crippen LogP contribution >= 0.6 is 15.9 Å². The minimum Gasteiger partial charge on any atom is -0.389 e. The summed E-state index contributed by atoms with van der Waals surface area (Å²) in [7, 11) is 0. The number of hydrogen-bond acceptors (Lipinski definition) is 2. The fourth-order valence-electron chi connectivity index (χ4n) is 1.45. The third-order valence-electron chi connectivity index (χ3n) is 2.30. The Kier molecular flexibility index (Phi) is 6.19. The number of benzene rings is 1. The number of rotatable bonds is 5. The highest BCUT2D eigenvalue weighted by atomic mass is 79.9. The zero-order valence-electron chi connectivity index (χ0n) is 9.75. The van der Waals surface area contributed by atoms with Gasteiger partial charge in [-0.3, -0.25) is 0 Å². The van der Waals surface area contributed by atoms with Gasteiger partial charge in [0, 0.05) is 10.9 Å². The van der Waals surface area contributed by atoms with Crippen molar-refractivity contribution in [3.63, 3.8) is 0 Å². The van der Waals surface area contributed by atoms with Crippen molar-refractivity contribution in [3.05, 3.63) is 52.5 Å². The summed E-state index contributed by atoms with van der Waals surface area (Å²) >= 11 is 3.34. The van der Waals surface area contributed by atoms with Crippen LogP contribution in [0, 0.1) is 0 Å². The predicted octanol–water partition coefficient (Wildman–Crippen LogP) is 3.11. The first-order chi connectivity index (χ1) is 8.13. The molecule has 0 bridgehead atoms. The minimum atomic E-state index is -0.693. The number of aliphatic hydroxyl groups excluding tert-OH is 2. The summed E-state index contributed by atoms with van der Waals surface area (Å²) in [5, 5.41) is 19.4. The molecule has 3 heteroatoms. The van der Waals surface area contributed by atoms with Crippen LogP contribution in [0.3, 0.4) is 0 Å². The van der Waals surface area contributed by atoms with Gasteiger partial charge in [0.1, 0.15) is 0 Å². The van der Waals surface area contributed by atoms with Gasteiger partial charge < -0.3 is 10.2 Å². The van der Waals surface area contributed by atoms with Crippen LogP contribution in [0.1, 0.15) is 18.9 Å². The molecule has 0 fully saturated rings. The fourth-order valence-corrected chi connectivity index (χ4v) is 1.90. The van der Waals surface area contributed by atoms with Crippen molar-refractivity contribution in [1.29, 1.82) is 0 Å². The van der Waals surface area contributed by atoms with Gasteiger partial charge >= 0.3 is 0 Å². The molecule has 0 heterocycles. The number of aliphatic hydroxyl groups is 2. The van der Waals surface area contributed by atoms with E-state index >= 15 is 0 Å². The maximum absolute atomic E-state index is 9.87. The highest BCUT2D eigenvalue weighted by Gasteiger charge is 2.12. The second kappa shape index (κ2) is 7.43. The topological polar surface area (TPSA) is 40.5 Å². The predicted molar refractivity (Wildman–Crippen MR) is 74.8 cm³/mol. The van der Waals surface area contributed by atoms with Gasteiger partial charge in [0.05, 0.1) is 12.2 Å². The molecular formula is C14H17BrO2. The standard InChI is InChI=1S/C14H17BrO2/c1-2-6-12(16)10-14(17)13(15)9-11-7-4-3-5-8-11/h2-9,12,14,16-17H,10H2,1H3/b6-2+,13-9-/t12-,14+/m1/s1. The van der Waals surface area contributed by atoms with Crippen LogP contribution in [0.4, 0.5) is 0 Å². The molecule has 2 nitrogen and oxygen atoms in total. The van der Waals surface area contributed by atoms with Gasteiger partial charge in [0.2, 0.25) is 0 Å². The zero-order chi connectivity index (χ0) is 12.7. The second-order valence-electron chi connectivity index (χ2n) is 3.78. The lowest BCUT2D eigenvalue weighted by atomic mass is 10.1. The van der Waals surface area contributed by atoms with E-state index in [4.69, 9.17) is 0 Å². The minimum absolute atomic E-state index is 0.286. The molecule has 1 aromatic rings. The zero-order valence-corrected chi connectivity index (χ0v) is 11.3. The Morgan fingerprint density at radius 1 is 1.29 bits per heavy atom. The Balaban J connectivity index is 2.63. The van der Waals surface area contributed by atoms with Gasteiger partial charge in [-0.05, 0) is 18.6 Å². The Bertz CT molecular complexity index is 384. The van der Waals surface area contributed by atoms with Crippen LogP contribution in [0.5, 0.6) is 0 Å². The first kappa shape index (κ1) is 14.2. The molecule has 0 radical (unpaired) electrons. The summed E-state index contributed by atoms with van der Waals surface area (Å²) in [4.78, 5) is 0. The smallest absolute Gasteiger partial charge is 0.0882 e. The molecule has 0 amide bonds. The van der Waals surface area contributed by atoms with Crippen LogP contribution in [0.15, 0.2) is 47.0 Å². The molecule has 2 atom stereocenters. The lowest BCUT2D eigenvalue weighted by Crippen LogP contribution is -2.15. The van der Waals surface area contributed by atoms with Crippen LogP contribution in [-0.2, 0) is 0 Å². The van der Waals surface area contributed by atoms with Crippen molar-refractivity contribution < 1.29 is 10.2 Å². The molecule has 2 N–H and O–H groups in total. The molecule has 0 aliphatic heterocycles. The summed E-state index contributed by atoms with van der Waals surface area (Å²) in [5.41, 5.74) is 1.01. The Morgan fingerprint density at radius 3 is 2.53 bits per heavy atom. The average molecular weight is 297 g/mol. The molecule has 17 heavy (non-hydrogen) atoms. The number of allylic oxidation sites excluding steroid dienone is 1. The molecule has 0 unspecified atom stereocenters. The van der Waals surface area contributed by atoms with Crippen molar-refractivity contribution in [2.75, 3.05) is 0 Å². The fraction of sp³-hybridized carbons (Fsp3) is 0.286. The maximum Gasteiger partial charge on any atom is 0.0882 e.